The number of carbonyl (C=O) groups excluding carboxylic acids is 2. The molecule has 0 radical (unpaired) electrons. The van der Waals surface area contributed by atoms with Gasteiger partial charge in [-0.2, -0.15) is 0 Å². The SMILES string of the molecule is NCc1ccc(CN2C(=O)C=CC2=O)cc1. The van der Waals surface area contributed by atoms with Gasteiger partial charge >= 0.3 is 0 Å². The van der Waals surface area contributed by atoms with Gasteiger partial charge < -0.3 is 5.73 Å². The summed E-state index contributed by atoms with van der Waals surface area (Å²) >= 11 is 0. The summed E-state index contributed by atoms with van der Waals surface area (Å²) in [6, 6.07) is 7.55. The van der Waals surface area contributed by atoms with Crippen molar-refractivity contribution in [2.45, 2.75) is 13.1 Å². The summed E-state index contributed by atoms with van der Waals surface area (Å²) in [7, 11) is 0. The van der Waals surface area contributed by atoms with E-state index in [1.807, 2.05) is 24.3 Å². The maximum Gasteiger partial charge on any atom is 0.253 e. The Balaban J connectivity index is 2.09. The molecule has 4 heteroatoms. The van der Waals surface area contributed by atoms with E-state index in [4.69, 9.17) is 5.73 Å². The van der Waals surface area contributed by atoms with Crippen LogP contribution in [0.15, 0.2) is 36.4 Å². The van der Waals surface area contributed by atoms with Crippen molar-refractivity contribution >= 4 is 11.8 Å². The van der Waals surface area contributed by atoms with Gasteiger partial charge in [0.05, 0.1) is 6.54 Å². The lowest BCUT2D eigenvalue weighted by Crippen LogP contribution is -2.29. The molecule has 16 heavy (non-hydrogen) atoms. The normalized spacial score (nSPS) is 14.9. The lowest BCUT2D eigenvalue weighted by Gasteiger charge is -2.13. The van der Waals surface area contributed by atoms with Crippen LogP contribution in [0.25, 0.3) is 0 Å². The van der Waals surface area contributed by atoms with Gasteiger partial charge in [-0.15, -0.1) is 0 Å². The van der Waals surface area contributed by atoms with Gasteiger partial charge in [-0.25, -0.2) is 0 Å². The largest absolute Gasteiger partial charge is 0.326 e. The van der Waals surface area contributed by atoms with Crippen molar-refractivity contribution in [3.8, 4) is 0 Å². The number of amides is 2. The van der Waals surface area contributed by atoms with E-state index in [1.165, 1.54) is 17.1 Å². The molecule has 1 aromatic rings. The quantitative estimate of drug-likeness (QED) is 0.751. The van der Waals surface area contributed by atoms with E-state index in [-0.39, 0.29) is 11.8 Å². The number of hydrogen-bond acceptors (Lipinski definition) is 3. The van der Waals surface area contributed by atoms with Crippen molar-refractivity contribution < 1.29 is 9.59 Å². The highest BCUT2D eigenvalue weighted by molar-refractivity contribution is 6.12. The highest BCUT2D eigenvalue weighted by Crippen LogP contribution is 2.11. The molecule has 0 unspecified atom stereocenters. The third kappa shape index (κ3) is 2.01. The van der Waals surface area contributed by atoms with Gasteiger partial charge in [-0.1, -0.05) is 24.3 Å². The molecular weight excluding hydrogens is 204 g/mol. The number of hydrogen-bond donors (Lipinski definition) is 1. The van der Waals surface area contributed by atoms with Crippen LogP contribution in [0.1, 0.15) is 11.1 Å². The summed E-state index contributed by atoms with van der Waals surface area (Å²) in [5, 5.41) is 0. The van der Waals surface area contributed by atoms with E-state index >= 15 is 0 Å². The molecule has 0 spiro atoms. The zero-order valence-corrected chi connectivity index (χ0v) is 8.72. The molecule has 0 aliphatic carbocycles. The fourth-order valence-corrected chi connectivity index (χ4v) is 1.55. The second kappa shape index (κ2) is 4.28. The predicted molar refractivity (Wildman–Crippen MR) is 59.0 cm³/mol. The number of imide groups is 1. The summed E-state index contributed by atoms with van der Waals surface area (Å²) in [6.45, 7) is 0.804. The minimum Gasteiger partial charge on any atom is -0.326 e. The first kappa shape index (κ1) is 10.6. The summed E-state index contributed by atoms with van der Waals surface area (Å²) in [6.07, 6.45) is 2.58. The molecule has 2 rings (SSSR count). The minimum atomic E-state index is -0.257. The van der Waals surface area contributed by atoms with Crippen molar-refractivity contribution in [2.75, 3.05) is 0 Å². The summed E-state index contributed by atoms with van der Waals surface area (Å²) in [4.78, 5) is 23.8. The summed E-state index contributed by atoms with van der Waals surface area (Å²) < 4.78 is 0. The fourth-order valence-electron chi connectivity index (χ4n) is 1.55. The molecule has 1 aromatic carbocycles. The lowest BCUT2D eigenvalue weighted by atomic mass is 10.1. The number of carbonyl (C=O) groups is 2. The van der Waals surface area contributed by atoms with Crippen LogP contribution < -0.4 is 5.73 Å². The molecule has 0 bridgehead atoms. The molecule has 2 amide bonds. The molecule has 0 aromatic heterocycles. The summed E-state index contributed by atoms with van der Waals surface area (Å²) in [5.74, 6) is -0.513. The maximum atomic E-state index is 11.3. The molecule has 0 saturated carbocycles. The third-order valence-electron chi connectivity index (χ3n) is 2.50. The first-order valence-electron chi connectivity index (χ1n) is 5.02. The fraction of sp³-hybridized carbons (Fsp3) is 0.167. The molecule has 2 N–H and O–H groups in total. The van der Waals surface area contributed by atoms with Crippen molar-refractivity contribution in [2.24, 2.45) is 5.73 Å². The Hall–Kier alpha value is -1.94. The van der Waals surface area contributed by atoms with Gasteiger partial charge in [0.25, 0.3) is 11.8 Å². The highest BCUT2D eigenvalue weighted by Gasteiger charge is 2.22. The first-order valence-corrected chi connectivity index (χ1v) is 5.02. The Labute approximate surface area is 93.3 Å². The van der Waals surface area contributed by atoms with Crippen molar-refractivity contribution in [1.82, 2.24) is 4.90 Å². The van der Waals surface area contributed by atoms with Gasteiger partial charge in [-0.3, -0.25) is 14.5 Å². The van der Waals surface area contributed by atoms with E-state index in [0.29, 0.717) is 13.1 Å². The van der Waals surface area contributed by atoms with E-state index < -0.39 is 0 Å². The van der Waals surface area contributed by atoms with E-state index in [2.05, 4.69) is 0 Å². The average molecular weight is 216 g/mol. The van der Waals surface area contributed by atoms with Crippen LogP contribution >= 0.6 is 0 Å². The van der Waals surface area contributed by atoms with Gasteiger partial charge in [-0.05, 0) is 11.1 Å². The Morgan fingerprint density at radius 3 is 1.94 bits per heavy atom. The van der Waals surface area contributed by atoms with Crippen molar-refractivity contribution in [3.63, 3.8) is 0 Å². The molecule has 0 saturated heterocycles. The smallest absolute Gasteiger partial charge is 0.253 e. The molecule has 1 aliphatic rings. The second-order valence-corrected chi connectivity index (χ2v) is 3.62. The predicted octanol–water partition coefficient (Wildman–Crippen LogP) is 0.570. The Morgan fingerprint density at radius 1 is 0.938 bits per heavy atom. The molecule has 82 valence electrons. The molecule has 0 atom stereocenters. The van der Waals surface area contributed by atoms with Crippen molar-refractivity contribution in [1.29, 1.82) is 0 Å². The topological polar surface area (TPSA) is 63.4 Å². The van der Waals surface area contributed by atoms with Crippen LogP contribution in [0.2, 0.25) is 0 Å². The summed E-state index contributed by atoms with van der Waals surface area (Å²) in [5.41, 5.74) is 7.43. The average Bonchev–Trinajstić information content (AvgIpc) is 2.62. The number of rotatable bonds is 3. The van der Waals surface area contributed by atoms with E-state index in [9.17, 15) is 9.59 Å². The molecule has 1 aliphatic heterocycles. The standard InChI is InChI=1S/C12H12N2O2/c13-7-9-1-3-10(4-2-9)8-14-11(15)5-6-12(14)16/h1-6H,7-8,13H2. The van der Waals surface area contributed by atoms with Crippen LogP contribution in [0.4, 0.5) is 0 Å². The van der Waals surface area contributed by atoms with Gasteiger partial charge in [0.1, 0.15) is 0 Å². The molecule has 1 heterocycles. The number of nitrogens with two attached hydrogens (primary N) is 1. The number of nitrogens with zero attached hydrogens (tertiary/aromatic N) is 1. The minimum absolute atomic E-state index is 0.257. The zero-order valence-electron chi connectivity index (χ0n) is 8.72. The Kier molecular flexibility index (Phi) is 2.83. The Morgan fingerprint density at radius 2 is 1.44 bits per heavy atom. The second-order valence-electron chi connectivity index (χ2n) is 3.62. The highest BCUT2D eigenvalue weighted by atomic mass is 16.2. The number of benzene rings is 1. The van der Waals surface area contributed by atoms with Crippen LogP contribution in [0, 0.1) is 0 Å². The lowest BCUT2D eigenvalue weighted by molar-refractivity contribution is -0.137. The monoisotopic (exact) mass is 216 g/mol. The van der Waals surface area contributed by atoms with Gasteiger partial charge in [0, 0.05) is 18.7 Å². The zero-order chi connectivity index (χ0) is 11.5. The van der Waals surface area contributed by atoms with Gasteiger partial charge in [0.15, 0.2) is 0 Å². The molecular formula is C12H12N2O2. The van der Waals surface area contributed by atoms with E-state index in [0.717, 1.165) is 11.1 Å². The maximum absolute atomic E-state index is 11.3. The van der Waals surface area contributed by atoms with Crippen LogP contribution in [0.5, 0.6) is 0 Å². The van der Waals surface area contributed by atoms with Crippen molar-refractivity contribution in [3.05, 3.63) is 47.5 Å². The van der Waals surface area contributed by atoms with Crippen LogP contribution in [-0.2, 0) is 22.7 Å². The Bertz CT molecular complexity index is 431. The molecule has 4 nitrogen and oxygen atoms in total. The third-order valence-corrected chi connectivity index (χ3v) is 2.50. The van der Waals surface area contributed by atoms with Gasteiger partial charge in [0.2, 0.25) is 0 Å². The van der Waals surface area contributed by atoms with Crippen LogP contribution in [0.3, 0.4) is 0 Å². The van der Waals surface area contributed by atoms with Crippen LogP contribution in [-0.4, -0.2) is 16.7 Å². The van der Waals surface area contributed by atoms with E-state index in [1.54, 1.807) is 0 Å². The molecule has 0 fully saturated rings. The first-order chi connectivity index (χ1) is 7.70.